The lowest BCUT2D eigenvalue weighted by Gasteiger charge is -2.35. The van der Waals surface area contributed by atoms with Gasteiger partial charge in [0, 0.05) is 37.0 Å². The van der Waals surface area contributed by atoms with E-state index in [-0.39, 0.29) is 23.8 Å². The molecule has 1 N–H and O–H groups in total. The third kappa shape index (κ3) is 8.36. The first-order chi connectivity index (χ1) is 19.1. The van der Waals surface area contributed by atoms with Crippen molar-refractivity contribution in [2.24, 2.45) is 0 Å². The maximum atomic E-state index is 13.7. The number of benzene rings is 2. The van der Waals surface area contributed by atoms with Crippen LogP contribution in [0, 0.1) is 15.9 Å². The fourth-order valence-corrected chi connectivity index (χ4v) is 4.86. The van der Waals surface area contributed by atoms with Gasteiger partial charge in [-0.05, 0) is 76.6 Å². The molecule has 2 saturated heterocycles. The number of ether oxygens (including phenoxy) is 4. The van der Waals surface area contributed by atoms with Crippen molar-refractivity contribution in [2.45, 2.75) is 70.9 Å². The van der Waals surface area contributed by atoms with Crippen LogP contribution in [0.1, 0.15) is 52.9 Å². The predicted molar refractivity (Wildman–Crippen MR) is 149 cm³/mol. The summed E-state index contributed by atoms with van der Waals surface area (Å²) in [4.78, 5) is 26.0. The SMILES string of the molecule is CC(C)(C)OC(=O)Nc1cc(N2CCC(OCCOC3CCCCO3)CC2)c(-c2ccc(F)cc2)cc1[N+](=O)[O-]. The highest BCUT2D eigenvalue weighted by molar-refractivity contribution is 5.93. The summed E-state index contributed by atoms with van der Waals surface area (Å²) < 4.78 is 36.4. The van der Waals surface area contributed by atoms with Gasteiger partial charge in [-0.25, -0.2) is 9.18 Å². The Kier molecular flexibility index (Phi) is 9.94. The van der Waals surface area contributed by atoms with Crippen molar-refractivity contribution in [1.29, 1.82) is 0 Å². The van der Waals surface area contributed by atoms with E-state index in [1.54, 1.807) is 39.0 Å². The highest BCUT2D eigenvalue weighted by Gasteiger charge is 2.28. The highest BCUT2D eigenvalue weighted by Crippen LogP contribution is 2.40. The number of anilines is 2. The summed E-state index contributed by atoms with van der Waals surface area (Å²) >= 11 is 0. The van der Waals surface area contributed by atoms with E-state index in [4.69, 9.17) is 18.9 Å². The molecule has 2 fully saturated rings. The third-order valence-electron chi connectivity index (χ3n) is 6.76. The van der Waals surface area contributed by atoms with Crippen molar-refractivity contribution in [3.8, 4) is 11.1 Å². The van der Waals surface area contributed by atoms with Crippen molar-refractivity contribution in [1.82, 2.24) is 0 Å². The molecule has 2 aromatic carbocycles. The zero-order valence-corrected chi connectivity index (χ0v) is 23.3. The summed E-state index contributed by atoms with van der Waals surface area (Å²) in [6, 6.07) is 8.83. The van der Waals surface area contributed by atoms with Gasteiger partial charge in [0.25, 0.3) is 5.69 Å². The Labute approximate surface area is 233 Å². The number of nitro benzene ring substituents is 1. The largest absolute Gasteiger partial charge is 0.444 e. The second-order valence-corrected chi connectivity index (χ2v) is 11.0. The average molecular weight is 560 g/mol. The number of carbonyl (C=O) groups excluding carboxylic acids is 1. The maximum Gasteiger partial charge on any atom is 0.412 e. The molecule has 1 amide bonds. The Hall–Kier alpha value is -3.28. The Morgan fingerprint density at radius 3 is 2.42 bits per heavy atom. The summed E-state index contributed by atoms with van der Waals surface area (Å²) in [5.41, 5.74) is 0.867. The van der Waals surface area contributed by atoms with Crippen molar-refractivity contribution >= 4 is 23.2 Å². The van der Waals surface area contributed by atoms with E-state index in [2.05, 4.69) is 10.2 Å². The lowest BCUT2D eigenvalue weighted by molar-refractivity contribution is -0.383. The van der Waals surface area contributed by atoms with E-state index in [0.717, 1.165) is 38.7 Å². The predicted octanol–water partition coefficient (Wildman–Crippen LogP) is 6.28. The number of nitro groups is 1. The van der Waals surface area contributed by atoms with Gasteiger partial charge in [-0.1, -0.05) is 12.1 Å². The summed E-state index contributed by atoms with van der Waals surface area (Å²) in [6.07, 6.45) is 3.71. The van der Waals surface area contributed by atoms with Gasteiger partial charge in [0.15, 0.2) is 6.29 Å². The number of hydrogen-bond acceptors (Lipinski definition) is 8. The van der Waals surface area contributed by atoms with Crippen molar-refractivity contribution in [3.63, 3.8) is 0 Å². The Balaban J connectivity index is 1.49. The molecule has 0 saturated carbocycles. The van der Waals surface area contributed by atoms with Crippen LogP contribution in [0.15, 0.2) is 36.4 Å². The fraction of sp³-hybridized carbons (Fsp3) is 0.552. The molecule has 1 unspecified atom stereocenters. The molecule has 40 heavy (non-hydrogen) atoms. The van der Waals surface area contributed by atoms with Crippen LogP contribution in [-0.2, 0) is 18.9 Å². The Bertz CT molecular complexity index is 1160. The summed E-state index contributed by atoms with van der Waals surface area (Å²) in [5.74, 6) is -0.403. The van der Waals surface area contributed by atoms with Gasteiger partial charge >= 0.3 is 6.09 Å². The number of piperidine rings is 1. The summed E-state index contributed by atoms with van der Waals surface area (Å²) in [5, 5.41) is 14.5. The van der Waals surface area contributed by atoms with Crippen LogP contribution >= 0.6 is 0 Å². The van der Waals surface area contributed by atoms with Crippen LogP contribution in [0.5, 0.6) is 0 Å². The van der Waals surface area contributed by atoms with Crippen molar-refractivity contribution in [2.75, 3.05) is 43.1 Å². The maximum absolute atomic E-state index is 13.7. The molecule has 2 heterocycles. The zero-order valence-electron chi connectivity index (χ0n) is 23.3. The molecule has 0 bridgehead atoms. The molecule has 2 aliphatic rings. The van der Waals surface area contributed by atoms with E-state index in [0.29, 0.717) is 43.1 Å². The molecule has 11 heteroatoms. The van der Waals surface area contributed by atoms with Crippen LogP contribution < -0.4 is 10.2 Å². The fourth-order valence-electron chi connectivity index (χ4n) is 4.86. The summed E-state index contributed by atoms with van der Waals surface area (Å²) in [6.45, 7) is 8.10. The van der Waals surface area contributed by atoms with Crippen molar-refractivity contribution < 1.29 is 33.1 Å². The molecule has 0 aliphatic carbocycles. The molecule has 2 aromatic rings. The molecule has 10 nitrogen and oxygen atoms in total. The Morgan fingerprint density at radius 2 is 1.80 bits per heavy atom. The second kappa shape index (κ2) is 13.4. The van der Waals surface area contributed by atoms with E-state index < -0.39 is 22.4 Å². The van der Waals surface area contributed by atoms with E-state index in [9.17, 15) is 19.3 Å². The van der Waals surface area contributed by atoms with Crippen LogP contribution in [0.4, 0.5) is 26.2 Å². The standard InChI is InChI=1S/C29H38FN3O7/c1-29(2,3)40-28(34)31-24-19-25(23(18-26(24)33(35)36)20-7-9-21(30)10-8-20)32-13-11-22(12-14-32)37-16-17-39-27-6-4-5-15-38-27/h7-10,18-19,22,27H,4-6,11-17H2,1-3H3,(H,31,34). The molecule has 0 aromatic heterocycles. The molecule has 2 aliphatic heterocycles. The smallest absolute Gasteiger partial charge is 0.412 e. The minimum atomic E-state index is -0.788. The molecular weight excluding hydrogens is 521 g/mol. The minimum absolute atomic E-state index is 0.0283. The number of rotatable bonds is 9. The summed E-state index contributed by atoms with van der Waals surface area (Å²) in [7, 11) is 0. The van der Waals surface area contributed by atoms with E-state index in [1.165, 1.54) is 18.2 Å². The van der Waals surface area contributed by atoms with Gasteiger partial charge in [0.05, 0.1) is 24.2 Å². The second-order valence-electron chi connectivity index (χ2n) is 11.0. The molecule has 218 valence electrons. The molecule has 0 radical (unpaired) electrons. The first-order valence-electron chi connectivity index (χ1n) is 13.8. The van der Waals surface area contributed by atoms with Gasteiger partial charge in [0.1, 0.15) is 17.1 Å². The first kappa shape index (κ1) is 29.7. The normalized spacial score (nSPS) is 18.4. The van der Waals surface area contributed by atoms with Crippen LogP contribution in [0.3, 0.4) is 0 Å². The quantitative estimate of drug-likeness (QED) is 0.217. The van der Waals surface area contributed by atoms with E-state index >= 15 is 0 Å². The number of halogens is 1. The number of carbonyl (C=O) groups is 1. The molecular formula is C29H38FN3O7. The number of amides is 1. The van der Waals surface area contributed by atoms with Gasteiger partial charge < -0.3 is 23.8 Å². The molecule has 0 spiro atoms. The van der Waals surface area contributed by atoms with Gasteiger partial charge in [-0.15, -0.1) is 0 Å². The number of nitrogens with one attached hydrogen (secondary N) is 1. The van der Waals surface area contributed by atoms with Gasteiger partial charge in [-0.2, -0.15) is 0 Å². The monoisotopic (exact) mass is 559 g/mol. The molecule has 4 rings (SSSR count). The van der Waals surface area contributed by atoms with Gasteiger partial charge in [-0.3, -0.25) is 15.4 Å². The first-order valence-corrected chi connectivity index (χ1v) is 13.8. The van der Waals surface area contributed by atoms with Crippen LogP contribution in [0.2, 0.25) is 0 Å². The number of nitrogens with zero attached hydrogens (tertiary/aromatic N) is 2. The van der Waals surface area contributed by atoms with Gasteiger partial charge in [0.2, 0.25) is 0 Å². The van der Waals surface area contributed by atoms with Crippen molar-refractivity contribution in [3.05, 3.63) is 52.3 Å². The minimum Gasteiger partial charge on any atom is -0.444 e. The average Bonchev–Trinajstić information content (AvgIpc) is 2.91. The van der Waals surface area contributed by atoms with E-state index in [1.807, 2.05) is 0 Å². The zero-order chi connectivity index (χ0) is 28.7. The lowest BCUT2D eigenvalue weighted by Crippen LogP contribution is -2.38. The van der Waals surface area contributed by atoms with Crippen LogP contribution in [-0.4, -0.2) is 61.9 Å². The Morgan fingerprint density at radius 1 is 1.10 bits per heavy atom. The molecule has 1 atom stereocenters. The number of hydrogen-bond donors (Lipinski definition) is 1. The third-order valence-corrected chi connectivity index (χ3v) is 6.76. The topological polar surface area (TPSA) is 112 Å². The highest BCUT2D eigenvalue weighted by atomic mass is 19.1. The van der Waals surface area contributed by atoms with Crippen LogP contribution in [0.25, 0.3) is 11.1 Å². The lowest BCUT2D eigenvalue weighted by atomic mass is 9.98.